The highest BCUT2D eigenvalue weighted by atomic mass is 32.1. The van der Waals surface area contributed by atoms with Crippen LogP contribution in [-0.2, 0) is 0 Å². The van der Waals surface area contributed by atoms with E-state index in [1.54, 1.807) is 18.3 Å². The van der Waals surface area contributed by atoms with Crippen LogP contribution in [0.15, 0.2) is 97.3 Å². The molecule has 2 unspecified atom stereocenters. The summed E-state index contributed by atoms with van der Waals surface area (Å²) in [5.74, 6) is -0.940. The van der Waals surface area contributed by atoms with Crippen molar-refractivity contribution in [3.05, 3.63) is 114 Å². The fraction of sp³-hybridized carbons (Fsp3) is 0.179. The summed E-state index contributed by atoms with van der Waals surface area (Å²) < 4.78 is 2.09. The Bertz CT molecular complexity index is 1330. The SMILES string of the molecule is O=C(O)c1ccc(-n2cccc2C2C(c3ccccn3)NC(=S)N2CCCNc2ccccc2)cc1. The topological polar surface area (TPSA) is 82.4 Å². The quantitative estimate of drug-likeness (QED) is 0.221. The van der Waals surface area contributed by atoms with E-state index in [1.165, 1.54) is 0 Å². The molecule has 8 heteroatoms. The second kappa shape index (κ2) is 10.6. The van der Waals surface area contributed by atoms with Crippen LogP contribution in [0.1, 0.15) is 40.3 Å². The first-order valence-corrected chi connectivity index (χ1v) is 12.3. The number of aromatic nitrogens is 2. The third kappa shape index (κ3) is 4.94. The third-order valence-corrected chi connectivity index (χ3v) is 6.70. The molecule has 2 atom stereocenters. The van der Waals surface area contributed by atoms with Gasteiger partial charge in [-0.15, -0.1) is 0 Å². The number of hydrogen-bond donors (Lipinski definition) is 3. The largest absolute Gasteiger partial charge is 0.478 e. The standard InChI is InChI=1S/C28H27N5O2S/c34-27(35)20-12-14-22(15-13-20)32-18-6-11-24(32)26-25(23-10-4-5-16-30-23)31-28(36)33(26)19-7-17-29-21-8-2-1-3-9-21/h1-6,8-16,18,25-26,29H,7,17,19H2,(H,31,36)(H,34,35). The molecule has 0 amide bonds. The first-order valence-electron chi connectivity index (χ1n) is 11.9. The fourth-order valence-electron chi connectivity index (χ4n) is 4.64. The van der Waals surface area contributed by atoms with E-state index in [2.05, 4.69) is 43.3 Å². The number of nitrogens with zero attached hydrogens (tertiary/aromatic N) is 3. The Hall–Kier alpha value is -4.17. The lowest BCUT2D eigenvalue weighted by Crippen LogP contribution is -2.32. The zero-order valence-electron chi connectivity index (χ0n) is 19.6. The van der Waals surface area contributed by atoms with Crippen molar-refractivity contribution < 1.29 is 9.90 Å². The van der Waals surface area contributed by atoms with Gasteiger partial charge >= 0.3 is 5.97 Å². The van der Waals surface area contributed by atoms with E-state index in [0.717, 1.165) is 42.3 Å². The van der Waals surface area contributed by atoms with E-state index in [1.807, 2.05) is 60.8 Å². The maximum absolute atomic E-state index is 11.3. The zero-order chi connectivity index (χ0) is 24.9. The van der Waals surface area contributed by atoms with Crippen molar-refractivity contribution in [3.63, 3.8) is 0 Å². The average Bonchev–Trinajstić information content (AvgIpc) is 3.52. The van der Waals surface area contributed by atoms with Gasteiger partial charge in [-0.25, -0.2) is 4.79 Å². The molecule has 5 rings (SSSR count). The minimum Gasteiger partial charge on any atom is -0.478 e. The van der Waals surface area contributed by atoms with Gasteiger partial charge in [0.1, 0.15) is 0 Å². The molecule has 36 heavy (non-hydrogen) atoms. The first kappa shape index (κ1) is 23.6. The molecule has 2 aromatic heterocycles. The van der Waals surface area contributed by atoms with Crippen molar-refractivity contribution in [1.82, 2.24) is 19.8 Å². The number of pyridine rings is 1. The summed E-state index contributed by atoms with van der Waals surface area (Å²) in [5, 5.41) is 17.0. The molecule has 0 aliphatic carbocycles. The Morgan fingerprint density at radius 1 is 1.00 bits per heavy atom. The molecule has 0 spiro atoms. The second-order valence-corrected chi connectivity index (χ2v) is 9.01. The summed E-state index contributed by atoms with van der Waals surface area (Å²) in [6.45, 7) is 1.59. The summed E-state index contributed by atoms with van der Waals surface area (Å²) in [6, 6.07) is 26.9. The predicted octanol–water partition coefficient (Wildman–Crippen LogP) is 5.05. The molecular weight excluding hydrogens is 470 g/mol. The number of thiocarbonyl (C=S) groups is 1. The number of rotatable bonds is 9. The number of carboxylic acids is 1. The molecule has 4 aromatic rings. The smallest absolute Gasteiger partial charge is 0.335 e. The normalized spacial score (nSPS) is 17.1. The Labute approximate surface area is 215 Å². The molecule has 3 N–H and O–H groups in total. The highest BCUT2D eigenvalue weighted by Crippen LogP contribution is 2.39. The number of carboxylic acid groups (broad SMARTS) is 1. The van der Waals surface area contributed by atoms with Crippen LogP contribution in [0.2, 0.25) is 0 Å². The molecule has 1 aliphatic heterocycles. The third-order valence-electron chi connectivity index (χ3n) is 6.35. The predicted molar refractivity (Wildman–Crippen MR) is 144 cm³/mol. The van der Waals surface area contributed by atoms with E-state index < -0.39 is 5.97 Å². The molecule has 182 valence electrons. The summed E-state index contributed by atoms with van der Waals surface area (Å²) >= 11 is 5.81. The van der Waals surface area contributed by atoms with Crippen LogP contribution in [0.5, 0.6) is 0 Å². The van der Waals surface area contributed by atoms with Gasteiger partial charge in [0, 0.05) is 42.6 Å². The summed E-state index contributed by atoms with van der Waals surface area (Å²) in [6.07, 6.45) is 4.69. The number of para-hydroxylation sites is 1. The summed E-state index contributed by atoms with van der Waals surface area (Å²) in [5.41, 5.74) is 4.22. The van der Waals surface area contributed by atoms with Gasteiger partial charge in [-0.2, -0.15) is 0 Å². The molecule has 1 aliphatic rings. The Morgan fingerprint density at radius 3 is 2.50 bits per heavy atom. The van der Waals surface area contributed by atoms with Crippen LogP contribution in [0.4, 0.5) is 5.69 Å². The van der Waals surface area contributed by atoms with Crippen molar-refractivity contribution in [1.29, 1.82) is 0 Å². The van der Waals surface area contributed by atoms with Gasteiger partial charge in [-0.05, 0) is 79.3 Å². The Kier molecular flexibility index (Phi) is 6.95. The van der Waals surface area contributed by atoms with Crippen LogP contribution < -0.4 is 10.6 Å². The van der Waals surface area contributed by atoms with Gasteiger partial charge in [0.15, 0.2) is 5.11 Å². The lowest BCUT2D eigenvalue weighted by atomic mass is 10.0. The lowest BCUT2D eigenvalue weighted by Gasteiger charge is -2.29. The van der Waals surface area contributed by atoms with Crippen LogP contribution in [0.25, 0.3) is 5.69 Å². The number of hydrogen-bond acceptors (Lipinski definition) is 4. The Balaban J connectivity index is 1.42. The molecule has 7 nitrogen and oxygen atoms in total. The summed E-state index contributed by atoms with van der Waals surface area (Å²) in [7, 11) is 0. The lowest BCUT2D eigenvalue weighted by molar-refractivity contribution is 0.0697. The number of benzene rings is 2. The molecule has 1 saturated heterocycles. The highest BCUT2D eigenvalue weighted by molar-refractivity contribution is 7.80. The monoisotopic (exact) mass is 497 g/mol. The van der Waals surface area contributed by atoms with Crippen molar-refractivity contribution >= 4 is 29.0 Å². The van der Waals surface area contributed by atoms with E-state index in [4.69, 9.17) is 12.2 Å². The highest BCUT2D eigenvalue weighted by Gasteiger charge is 2.40. The van der Waals surface area contributed by atoms with Gasteiger partial charge in [0.25, 0.3) is 0 Å². The van der Waals surface area contributed by atoms with Crippen molar-refractivity contribution in [2.45, 2.75) is 18.5 Å². The van der Waals surface area contributed by atoms with Gasteiger partial charge in [-0.1, -0.05) is 24.3 Å². The number of anilines is 1. The van der Waals surface area contributed by atoms with Crippen molar-refractivity contribution in [2.75, 3.05) is 18.4 Å². The van der Waals surface area contributed by atoms with Crippen LogP contribution in [0, 0.1) is 0 Å². The molecule has 2 aromatic carbocycles. The van der Waals surface area contributed by atoms with Crippen molar-refractivity contribution in [3.8, 4) is 5.69 Å². The van der Waals surface area contributed by atoms with Gasteiger partial charge < -0.3 is 25.2 Å². The van der Waals surface area contributed by atoms with E-state index in [0.29, 0.717) is 5.11 Å². The molecule has 0 radical (unpaired) electrons. The van der Waals surface area contributed by atoms with Crippen LogP contribution >= 0.6 is 12.2 Å². The number of aromatic carboxylic acids is 1. The average molecular weight is 498 g/mol. The van der Waals surface area contributed by atoms with E-state index in [-0.39, 0.29) is 17.6 Å². The molecular formula is C28H27N5O2S. The Morgan fingerprint density at radius 2 is 1.78 bits per heavy atom. The van der Waals surface area contributed by atoms with Crippen LogP contribution in [0.3, 0.4) is 0 Å². The minimum absolute atomic E-state index is 0.0849. The van der Waals surface area contributed by atoms with Gasteiger partial charge in [0.2, 0.25) is 0 Å². The van der Waals surface area contributed by atoms with E-state index in [9.17, 15) is 9.90 Å². The molecule has 1 fully saturated rings. The maximum atomic E-state index is 11.3. The first-order chi connectivity index (χ1) is 17.6. The fourth-order valence-corrected chi connectivity index (χ4v) is 4.97. The molecule has 3 heterocycles. The molecule has 0 bridgehead atoms. The zero-order valence-corrected chi connectivity index (χ0v) is 20.4. The number of nitrogens with one attached hydrogen (secondary N) is 2. The van der Waals surface area contributed by atoms with E-state index >= 15 is 0 Å². The van der Waals surface area contributed by atoms with Crippen LogP contribution in [-0.4, -0.2) is 43.7 Å². The van der Waals surface area contributed by atoms with Crippen molar-refractivity contribution in [2.24, 2.45) is 0 Å². The van der Waals surface area contributed by atoms with Gasteiger partial charge in [-0.3, -0.25) is 4.98 Å². The molecule has 0 saturated carbocycles. The number of carbonyl (C=O) groups is 1. The van der Waals surface area contributed by atoms with Gasteiger partial charge in [0.05, 0.1) is 23.3 Å². The minimum atomic E-state index is -0.940. The summed E-state index contributed by atoms with van der Waals surface area (Å²) in [4.78, 5) is 18.2. The second-order valence-electron chi connectivity index (χ2n) is 8.62. The maximum Gasteiger partial charge on any atom is 0.335 e.